The number of nitrogens with zero attached hydrogens (tertiary/aromatic N) is 2. The van der Waals surface area contributed by atoms with Crippen LogP contribution in [-0.4, -0.2) is 9.78 Å². The summed E-state index contributed by atoms with van der Waals surface area (Å²) in [6.07, 6.45) is 0.708. The highest BCUT2D eigenvalue weighted by atomic mass is 79.9. The van der Waals surface area contributed by atoms with Crippen LogP contribution in [0.5, 0.6) is 0 Å². The molecule has 2 aromatic rings. The summed E-state index contributed by atoms with van der Waals surface area (Å²) in [5, 5.41) is 5.02. The summed E-state index contributed by atoms with van der Waals surface area (Å²) >= 11 is 11.4. The number of thiophene rings is 1. The van der Waals surface area contributed by atoms with Crippen LogP contribution in [-0.2, 0) is 13.5 Å². The van der Waals surface area contributed by atoms with Gasteiger partial charge in [-0.05, 0) is 35.0 Å². The van der Waals surface area contributed by atoms with Crippen molar-refractivity contribution in [2.45, 2.75) is 19.4 Å². The van der Waals surface area contributed by atoms with E-state index in [2.05, 4.69) is 32.5 Å². The summed E-state index contributed by atoms with van der Waals surface area (Å²) in [5.74, 6) is 5.64. The normalized spacial score (nSPS) is 12.9. The Morgan fingerprint density at radius 3 is 2.78 bits per heavy atom. The summed E-state index contributed by atoms with van der Waals surface area (Å²) in [6.45, 7) is 1.90. The largest absolute Gasteiger partial charge is 0.271 e. The molecule has 0 aliphatic rings. The molecule has 0 aromatic carbocycles. The van der Waals surface area contributed by atoms with Crippen LogP contribution in [0, 0.1) is 6.92 Å². The monoisotopic (exact) mass is 348 g/mol. The zero-order chi connectivity index (χ0) is 13.3. The van der Waals surface area contributed by atoms with Gasteiger partial charge in [-0.15, -0.1) is 11.3 Å². The molecule has 7 heteroatoms. The van der Waals surface area contributed by atoms with Crippen molar-refractivity contribution in [2.75, 3.05) is 0 Å². The van der Waals surface area contributed by atoms with Gasteiger partial charge in [-0.2, -0.15) is 5.10 Å². The van der Waals surface area contributed by atoms with Crippen molar-refractivity contribution >= 4 is 38.9 Å². The summed E-state index contributed by atoms with van der Waals surface area (Å²) in [7, 11) is 1.89. The van der Waals surface area contributed by atoms with E-state index in [1.807, 2.05) is 24.7 Å². The van der Waals surface area contributed by atoms with Gasteiger partial charge in [-0.3, -0.25) is 16.0 Å². The van der Waals surface area contributed by atoms with E-state index in [1.165, 1.54) is 4.88 Å². The highest BCUT2D eigenvalue weighted by Crippen LogP contribution is 2.31. The molecule has 98 valence electrons. The van der Waals surface area contributed by atoms with Crippen LogP contribution in [0.3, 0.4) is 0 Å². The first-order chi connectivity index (χ1) is 8.52. The quantitative estimate of drug-likeness (QED) is 0.659. The van der Waals surface area contributed by atoms with Crippen molar-refractivity contribution in [2.24, 2.45) is 12.9 Å². The topological polar surface area (TPSA) is 55.9 Å². The fourth-order valence-electron chi connectivity index (χ4n) is 1.85. The molecule has 0 aliphatic carbocycles. The van der Waals surface area contributed by atoms with Gasteiger partial charge in [-0.1, -0.05) is 11.6 Å². The lowest BCUT2D eigenvalue weighted by Gasteiger charge is -2.14. The number of nitrogens with two attached hydrogens (primary N) is 1. The molecule has 0 bridgehead atoms. The number of rotatable bonds is 4. The summed E-state index contributed by atoms with van der Waals surface area (Å²) in [6, 6.07) is 4.10. The minimum absolute atomic E-state index is 0.0357. The van der Waals surface area contributed by atoms with E-state index in [-0.39, 0.29) is 6.04 Å². The molecule has 2 aromatic heterocycles. The zero-order valence-corrected chi connectivity index (χ0v) is 13.2. The summed E-state index contributed by atoms with van der Waals surface area (Å²) in [5.41, 5.74) is 4.67. The van der Waals surface area contributed by atoms with Gasteiger partial charge in [0.05, 0.1) is 26.2 Å². The molecule has 0 amide bonds. The number of aromatic nitrogens is 2. The Bertz CT molecular complexity index is 551. The second kappa shape index (κ2) is 5.71. The first kappa shape index (κ1) is 14.0. The van der Waals surface area contributed by atoms with Crippen molar-refractivity contribution < 1.29 is 0 Å². The van der Waals surface area contributed by atoms with Crippen molar-refractivity contribution in [3.8, 4) is 0 Å². The summed E-state index contributed by atoms with van der Waals surface area (Å²) < 4.78 is 2.90. The maximum absolute atomic E-state index is 6.25. The number of hydrazine groups is 1. The van der Waals surface area contributed by atoms with Crippen molar-refractivity contribution in [3.05, 3.63) is 37.2 Å². The first-order valence-corrected chi connectivity index (χ1v) is 7.41. The minimum atomic E-state index is 0.0357. The average molecular weight is 350 g/mol. The third-order valence-corrected chi connectivity index (χ3v) is 5.03. The third-order valence-electron chi connectivity index (χ3n) is 2.80. The van der Waals surface area contributed by atoms with Gasteiger partial charge in [-0.25, -0.2) is 0 Å². The molecular formula is C11H14BrClN4S. The van der Waals surface area contributed by atoms with E-state index < -0.39 is 0 Å². The van der Waals surface area contributed by atoms with E-state index in [9.17, 15) is 0 Å². The van der Waals surface area contributed by atoms with E-state index in [0.29, 0.717) is 11.4 Å². The lowest BCUT2D eigenvalue weighted by molar-refractivity contribution is 0.537. The predicted octanol–water partition coefficient (Wildman–Crippen LogP) is 2.95. The smallest absolute Gasteiger partial charge is 0.0847 e. The molecule has 0 saturated carbocycles. The van der Waals surface area contributed by atoms with Crippen LogP contribution in [0.4, 0.5) is 0 Å². The molecular weight excluding hydrogens is 336 g/mol. The minimum Gasteiger partial charge on any atom is -0.271 e. The van der Waals surface area contributed by atoms with E-state index >= 15 is 0 Å². The molecule has 1 atom stereocenters. The third kappa shape index (κ3) is 2.78. The van der Waals surface area contributed by atoms with Crippen LogP contribution >= 0.6 is 38.9 Å². The molecule has 0 spiro atoms. The van der Waals surface area contributed by atoms with E-state index in [4.69, 9.17) is 17.4 Å². The Balaban J connectivity index is 2.25. The van der Waals surface area contributed by atoms with Crippen LogP contribution < -0.4 is 11.3 Å². The molecule has 3 N–H and O–H groups in total. The standard InChI is InChI=1S/C11H14BrClN4S/c1-6-11(13)8(17(2)16-6)5-7(15-14)9-3-4-10(12)18-9/h3-4,7,15H,5,14H2,1-2H3. The highest BCUT2D eigenvalue weighted by Gasteiger charge is 2.18. The number of halogens is 2. The van der Waals surface area contributed by atoms with Crippen molar-refractivity contribution in [1.82, 2.24) is 15.2 Å². The second-order valence-electron chi connectivity index (χ2n) is 4.03. The maximum Gasteiger partial charge on any atom is 0.0847 e. The van der Waals surface area contributed by atoms with Gasteiger partial charge in [0.25, 0.3) is 0 Å². The Labute approximate surface area is 123 Å². The molecule has 18 heavy (non-hydrogen) atoms. The molecule has 0 saturated heterocycles. The second-order valence-corrected chi connectivity index (χ2v) is 6.91. The van der Waals surface area contributed by atoms with Crippen LogP contribution in [0.1, 0.15) is 22.3 Å². The average Bonchev–Trinajstić information content (AvgIpc) is 2.84. The van der Waals surface area contributed by atoms with Crippen molar-refractivity contribution in [1.29, 1.82) is 0 Å². The van der Waals surface area contributed by atoms with E-state index in [1.54, 1.807) is 11.3 Å². The van der Waals surface area contributed by atoms with Gasteiger partial charge >= 0.3 is 0 Å². The Hall–Kier alpha value is -0.400. The van der Waals surface area contributed by atoms with Gasteiger partial charge in [0.15, 0.2) is 0 Å². The first-order valence-electron chi connectivity index (χ1n) is 5.42. The molecule has 2 rings (SSSR count). The van der Waals surface area contributed by atoms with Crippen LogP contribution in [0.2, 0.25) is 5.02 Å². The number of nitrogens with one attached hydrogen (secondary N) is 1. The predicted molar refractivity (Wildman–Crippen MR) is 78.7 cm³/mol. The number of aryl methyl sites for hydroxylation is 2. The van der Waals surface area contributed by atoms with Gasteiger partial charge in [0, 0.05) is 18.3 Å². The van der Waals surface area contributed by atoms with Gasteiger partial charge in [0.2, 0.25) is 0 Å². The number of hydrogen-bond donors (Lipinski definition) is 2. The Morgan fingerprint density at radius 2 is 2.33 bits per heavy atom. The number of hydrogen-bond acceptors (Lipinski definition) is 4. The fraction of sp³-hybridized carbons (Fsp3) is 0.364. The fourth-order valence-corrected chi connectivity index (χ4v) is 3.57. The molecule has 1 unspecified atom stereocenters. The van der Waals surface area contributed by atoms with Gasteiger partial charge in [0.1, 0.15) is 0 Å². The van der Waals surface area contributed by atoms with Gasteiger partial charge < -0.3 is 0 Å². The highest BCUT2D eigenvalue weighted by molar-refractivity contribution is 9.11. The lowest BCUT2D eigenvalue weighted by atomic mass is 10.1. The van der Waals surface area contributed by atoms with Crippen LogP contribution in [0.15, 0.2) is 15.9 Å². The van der Waals surface area contributed by atoms with E-state index in [0.717, 1.165) is 15.2 Å². The molecule has 2 heterocycles. The molecule has 4 nitrogen and oxygen atoms in total. The summed E-state index contributed by atoms with van der Waals surface area (Å²) in [4.78, 5) is 1.17. The molecule has 0 aliphatic heterocycles. The SMILES string of the molecule is Cc1nn(C)c(CC(NN)c2ccc(Br)s2)c1Cl. The van der Waals surface area contributed by atoms with Crippen molar-refractivity contribution in [3.63, 3.8) is 0 Å². The Morgan fingerprint density at radius 1 is 1.61 bits per heavy atom. The molecule has 0 radical (unpaired) electrons. The molecule has 0 fully saturated rings. The lowest BCUT2D eigenvalue weighted by Crippen LogP contribution is -2.29. The Kier molecular flexibility index (Phi) is 4.45. The van der Waals surface area contributed by atoms with Crippen LogP contribution in [0.25, 0.3) is 0 Å². The maximum atomic E-state index is 6.25. The zero-order valence-electron chi connectivity index (χ0n) is 10.1.